The van der Waals surface area contributed by atoms with Gasteiger partial charge in [-0.2, -0.15) is 0 Å². The average Bonchev–Trinajstić information content (AvgIpc) is 2.46. The van der Waals surface area contributed by atoms with E-state index in [1.54, 1.807) is 5.57 Å². The molecule has 0 radical (unpaired) electrons. The molecule has 0 aromatic carbocycles. The van der Waals surface area contributed by atoms with Gasteiger partial charge in [0.1, 0.15) is 0 Å². The molecule has 1 heteroatoms. The molecule has 0 bridgehead atoms. The van der Waals surface area contributed by atoms with Crippen molar-refractivity contribution in [2.75, 3.05) is 6.61 Å². The monoisotopic (exact) mass is 288 g/mol. The topological polar surface area (TPSA) is 20.2 Å². The molecule has 0 aromatic heterocycles. The highest BCUT2D eigenvalue weighted by molar-refractivity contribution is 5.25. The van der Waals surface area contributed by atoms with Gasteiger partial charge < -0.3 is 5.11 Å². The van der Waals surface area contributed by atoms with Crippen molar-refractivity contribution in [2.45, 2.75) is 65.7 Å². The lowest BCUT2D eigenvalue weighted by Gasteiger charge is -2.59. The highest BCUT2D eigenvalue weighted by atomic mass is 16.3. The van der Waals surface area contributed by atoms with Crippen LogP contribution in [-0.4, -0.2) is 11.7 Å². The van der Waals surface area contributed by atoms with Gasteiger partial charge in [0.05, 0.1) is 0 Å². The lowest BCUT2D eigenvalue weighted by Crippen LogP contribution is -2.52. The van der Waals surface area contributed by atoms with Crippen LogP contribution in [0.2, 0.25) is 0 Å². The smallest absolute Gasteiger partial charge is 0.0487 e. The summed E-state index contributed by atoms with van der Waals surface area (Å²) in [6, 6.07) is 0. The number of aliphatic hydroxyl groups excluding tert-OH is 1. The van der Waals surface area contributed by atoms with Gasteiger partial charge in [-0.25, -0.2) is 0 Å². The van der Waals surface area contributed by atoms with E-state index in [4.69, 9.17) is 0 Å². The van der Waals surface area contributed by atoms with Gasteiger partial charge in [0, 0.05) is 6.61 Å². The Bertz CT molecular complexity index is 464. The van der Waals surface area contributed by atoms with Crippen LogP contribution in [-0.2, 0) is 0 Å². The number of hydrogen-bond acceptors (Lipinski definition) is 1. The lowest BCUT2D eigenvalue weighted by molar-refractivity contribution is -0.0805. The fourth-order valence-electron chi connectivity index (χ4n) is 5.93. The number of hydrogen-bond donors (Lipinski definition) is 1. The predicted molar refractivity (Wildman–Crippen MR) is 89.0 cm³/mol. The summed E-state index contributed by atoms with van der Waals surface area (Å²) < 4.78 is 0. The standard InChI is InChI=1S/C20H32O/c1-5-18(2)12-9-16-15(13-18)7-8-17-19(3,14-21)10-6-11-20(16,17)4/h5,7,16-17,21H,1,6,8-14H2,2-4H3/t16-,17?,18-,19+,20-/m1/s1. The second kappa shape index (κ2) is 4.98. The second-order valence-electron chi connectivity index (χ2n) is 8.87. The maximum absolute atomic E-state index is 9.99. The summed E-state index contributed by atoms with van der Waals surface area (Å²) in [5.41, 5.74) is 2.54. The SMILES string of the molecule is C=C[C@]1(C)CC[C@@H]2C(=CCC3[C@](C)(CO)CCC[C@@]32C)C1. The van der Waals surface area contributed by atoms with Crippen LogP contribution in [0.15, 0.2) is 24.3 Å². The quantitative estimate of drug-likeness (QED) is 0.700. The summed E-state index contributed by atoms with van der Waals surface area (Å²) in [6.07, 6.45) is 13.5. The van der Waals surface area contributed by atoms with Crippen LogP contribution in [0.4, 0.5) is 0 Å². The van der Waals surface area contributed by atoms with Crippen LogP contribution in [0, 0.1) is 28.1 Å². The molecule has 3 aliphatic rings. The van der Waals surface area contributed by atoms with Crippen LogP contribution < -0.4 is 0 Å². The Kier molecular flexibility index (Phi) is 3.64. The Morgan fingerprint density at radius 2 is 2.05 bits per heavy atom. The molecule has 0 saturated heterocycles. The van der Waals surface area contributed by atoms with E-state index in [9.17, 15) is 5.11 Å². The minimum absolute atomic E-state index is 0.133. The molecule has 2 fully saturated rings. The largest absolute Gasteiger partial charge is 0.396 e. The Hall–Kier alpha value is -0.560. The van der Waals surface area contributed by atoms with E-state index in [2.05, 4.69) is 39.5 Å². The first-order valence-electron chi connectivity index (χ1n) is 8.80. The van der Waals surface area contributed by atoms with Crippen molar-refractivity contribution < 1.29 is 5.11 Å². The molecule has 5 atom stereocenters. The normalized spacial score (nSPS) is 49.8. The number of allylic oxidation sites excluding steroid dienone is 3. The predicted octanol–water partition coefficient (Wildman–Crippen LogP) is 5.11. The third-order valence-corrected chi connectivity index (χ3v) is 7.43. The fourth-order valence-corrected chi connectivity index (χ4v) is 5.93. The van der Waals surface area contributed by atoms with E-state index in [1.165, 1.54) is 44.9 Å². The molecule has 118 valence electrons. The fraction of sp³-hybridized carbons (Fsp3) is 0.800. The highest BCUT2D eigenvalue weighted by Crippen LogP contribution is 2.63. The average molecular weight is 288 g/mol. The van der Waals surface area contributed by atoms with E-state index >= 15 is 0 Å². The van der Waals surface area contributed by atoms with E-state index in [0.717, 1.165) is 5.92 Å². The third kappa shape index (κ3) is 2.23. The van der Waals surface area contributed by atoms with E-state index < -0.39 is 0 Å². The van der Waals surface area contributed by atoms with Crippen LogP contribution >= 0.6 is 0 Å². The van der Waals surface area contributed by atoms with Crippen LogP contribution in [0.25, 0.3) is 0 Å². The second-order valence-corrected chi connectivity index (χ2v) is 8.87. The molecule has 3 aliphatic carbocycles. The first kappa shape index (κ1) is 15.3. The van der Waals surface area contributed by atoms with E-state index in [1.807, 2.05) is 0 Å². The van der Waals surface area contributed by atoms with Crippen molar-refractivity contribution in [3.05, 3.63) is 24.3 Å². The summed E-state index contributed by atoms with van der Waals surface area (Å²) in [4.78, 5) is 0. The molecule has 1 unspecified atom stereocenters. The van der Waals surface area contributed by atoms with Crippen molar-refractivity contribution in [2.24, 2.45) is 28.1 Å². The summed E-state index contributed by atoms with van der Waals surface area (Å²) in [5.74, 6) is 1.40. The Morgan fingerprint density at radius 1 is 1.29 bits per heavy atom. The molecular formula is C20H32O. The summed E-state index contributed by atoms with van der Waals surface area (Å²) >= 11 is 0. The third-order valence-electron chi connectivity index (χ3n) is 7.43. The molecule has 2 saturated carbocycles. The van der Waals surface area contributed by atoms with Gasteiger partial charge in [-0.3, -0.25) is 0 Å². The Balaban J connectivity index is 1.94. The van der Waals surface area contributed by atoms with Gasteiger partial charge in [-0.05, 0) is 66.6 Å². The molecule has 0 amide bonds. The first-order valence-corrected chi connectivity index (χ1v) is 8.80. The minimum Gasteiger partial charge on any atom is -0.396 e. The van der Waals surface area contributed by atoms with E-state index in [0.29, 0.717) is 23.4 Å². The number of rotatable bonds is 2. The zero-order valence-electron chi connectivity index (χ0n) is 14.1. The van der Waals surface area contributed by atoms with Gasteiger partial charge in [-0.15, -0.1) is 6.58 Å². The van der Waals surface area contributed by atoms with Crippen molar-refractivity contribution in [3.63, 3.8) is 0 Å². The molecular weight excluding hydrogens is 256 g/mol. The Morgan fingerprint density at radius 3 is 2.71 bits per heavy atom. The number of aliphatic hydroxyl groups is 1. The maximum Gasteiger partial charge on any atom is 0.0487 e. The van der Waals surface area contributed by atoms with Crippen molar-refractivity contribution in [1.82, 2.24) is 0 Å². The Labute approximate surface area is 130 Å². The molecule has 1 N–H and O–H groups in total. The highest BCUT2D eigenvalue weighted by Gasteiger charge is 2.55. The van der Waals surface area contributed by atoms with Gasteiger partial charge in [-0.1, -0.05) is 44.9 Å². The molecule has 0 heterocycles. The van der Waals surface area contributed by atoms with Gasteiger partial charge in [0.2, 0.25) is 0 Å². The van der Waals surface area contributed by atoms with Crippen molar-refractivity contribution in [1.29, 1.82) is 0 Å². The minimum atomic E-state index is 0.133. The summed E-state index contributed by atoms with van der Waals surface area (Å²) in [6.45, 7) is 11.6. The zero-order chi connectivity index (χ0) is 15.3. The molecule has 3 rings (SSSR count). The van der Waals surface area contributed by atoms with Gasteiger partial charge in [0.15, 0.2) is 0 Å². The zero-order valence-corrected chi connectivity index (χ0v) is 14.1. The van der Waals surface area contributed by atoms with Crippen molar-refractivity contribution >= 4 is 0 Å². The molecule has 0 aromatic rings. The first-order chi connectivity index (χ1) is 9.87. The van der Waals surface area contributed by atoms with Crippen LogP contribution in [0.3, 0.4) is 0 Å². The molecule has 1 nitrogen and oxygen atoms in total. The summed E-state index contributed by atoms with van der Waals surface area (Å²) in [5, 5.41) is 9.99. The van der Waals surface area contributed by atoms with E-state index in [-0.39, 0.29) is 5.41 Å². The van der Waals surface area contributed by atoms with Crippen LogP contribution in [0.1, 0.15) is 65.7 Å². The van der Waals surface area contributed by atoms with Crippen LogP contribution in [0.5, 0.6) is 0 Å². The maximum atomic E-state index is 9.99. The lowest BCUT2D eigenvalue weighted by atomic mass is 9.45. The van der Waals surface area contributed by atoms with Gasteiger partial charge in [0.25, 0.3) is 0 Å². The van der Waals surface area contributed by atoms with Crippen molar-refractivity contribution in [3.8, 4) is 0 Å². The van der Waals surface area contributed by atoms with Gasteiger partial charge >= 0.3 is 0 Å². The molecule has 0 aliphatic heterocycles. The molecule has 0 spiro atoms. The number of fused-ring (bicyclic) bond motifs is 3. The molecule has 21 heavy (non-hydrogen) atoms. The summed E-state index contributed by atoms with van der Waals surface area (Å²) in [7, 11) is 0.